The molecule has 0 aromatic heterocycles. The number of allylic oxidation sites excluding steroid dienone is 2. The van der Waals surface area contributed by atoms with Crippen LogP contribution in [0.3, 0.4) is 0 Å². The molecule has 0 heterocycles. The standard InChI is InChI=1S/C45H58O7/c1-28-17-20-41(3)23-24-43(5)33(39(41)29(28)2)25-34(46)40-44(43,6)22-18-35-42(4,26-37(47)48)21-19-36(45(35,40)7)52-38(49)27-50-30-13-15-32(16-14-30)51-31-11-9-8-10-12-31/h8-16,25,28-29,35-36,39-40H,17-24,26-27H2,1-7H3,(H,47,48)/t28-,29+,35+,36?,39+,40+,41-,42?,43-,44-,45-/m1/s1. The fraction of sp³-hybridized carbons (Fsp3) is 0.622. The number of carboxylic acid groups (broad SMARTS) is 1. The summed E-state index contributed by atoms with van der Waals surface area (Å²) in [4.78, 5) is 41.0. The van der Waals surface area contributed by atoms with Gasteiger partial charge in [0.1, 0.15) is 23.4 Å². The van der Waals surface area contributed by atoms with Crippen molar-refractivity contribution in [2.24, 2.45) is 56.7 Å². The van der Waals surface area contributed by atoms with E-state index in [4.69, 9.17) is 14.2 Å². The van der Waals surface area contributed by atoms with Gasteiger partial charge in [-0.05, 0) is 139 Å². The van der Waals surface area contributed by atoms with Gasteiger partial charge in [-0.15, -0.1) is 0 Å². The minimum atomic E-state index is -0.821. The lowest BCUT2D eigenvalue weighted by molar-refractivity contribution is -0.230. The summed E-state index contributed by atoms with van der Waals surface area (Å²) in [6.07, 6.45) is 8.95. The third-order valence-electron chi connectivity index (χ3n) is 15.8. The van der Waals surface area contributed by atoms with Crippen LogP contribution in [0.15, 0.2) is 66.2 Å². The molecule has 7 nitrogen and oxygen atoms in total. The maximum atomic E-state index is 15.0. The van der Waals surface area contributed by atoms with Gasteiger partial charge in [0, 0.05) is 11.3 Å². The van der Waals surface area contributed by atoms with Crippen molar-refractivity contribution in [1.82, 2.24) is 0 Å². The van der Waals surface area contributed by atoms with Gasteiger partial charge < -0.3 is 19.3 Å². The van der Waals surface area contributed by atoms with Crippen molar-refractivity contribution in [3.63, 3.8) is 0 Å². The molecule has 2 aromatic carbocycles. The number of carboxylic acids is 1. The van der Waals surface area contributed by atoms with Crippen molar-refractivity contribution in [3.05, 3.63) is 66.2 Å². The van der Waals surface area contributed by atoms with Crippen molar-refractivity contribution >= 4 is 17.7 Å². The minimum Gasteiger partial charge on any atom is -0.482 e. The molecule has 0 amide bonds. The number of ketones is 1. The Balaban J connectivity index is 1.17. The number of rotatable bonds is 8. The lowest BCUT2D eigenvalue weighted by atomic mass is 9.33. The van der Waals surface area contributed by atoms with E-state index in [9.17, 15) is 14.7 Å². The second kappa shape index (κ2) is 13.1. The Hall–Kier alpha value is -3.61. The zero-order valence-electron chi connectivity index (χ0n) is 32.2. The molecule has 0 saturated heterocycles. The van der Waals surface area contributed by atoms with Crippen LogP contribution in [0.4, 0.5) is 0 Å². The molecule has 7 rings (SSSR count). The van der Waals surface area contributed by atoms with E-state index in [1.165, 1.54) is 18.4 Å². The molecule has 0 aliphatic heterocycles. The summed E-state index contributed by atoms with van der Waals surface area (Å²) in [6, 6.07) is 16.6. The van der Waals surface area contributed by atoms with E-state index < -0.39 is 34.8 Å². The topological polar surface area (TPSA) is 99.1 Å². The van der Waals surface area contributed by atoms with E-state index in [-0.39, 0.29) is 41.0 Å². The SMILES string of the molecule is C[C@H]1[C@H](C)CC[C@]2(C)CC[C@]3(C)C(=CC(=O)[C@@H]4[C@@]5(C)C(OC(=O)COc6ccc(Oc7ccccc7)cc6)CCC(C)(CC(=O)O)[C@@H]5CC[C@]43C)[C@H]12. The van der Waals surface area contributed by atoms with Gasteiger partial charge in [-0.3, -0.25) is 9.59 Å². The van der Waals surface area contributed by atoms with E-state index in [1.807, 2.05) is 36.4 Å². The molecule has 7 heteroatoms. The number of hydrogen-bond acceptors (Lipinski definition) is 6. The molecule has 0 radical (unpaired) electrons. The van der Waals surface area contributed by atoms with Gasteiger partial charge in [0.2, 0.25) is 0 Å². The maximum absolute atomic E-state index is 15.0. The minimum absolute atomic E-state index is 0.0346. The molecule has 52 heavy (non-hydrogen) atoms. The Kier molecular flexibility index (Phi) is 9.22. The van der Waals surface area contributed by atoms with Crippen LogP contribution in [-0.2, 0) is 19.1 Å². The highest BCUT2D eigenvalue weighted by atomic mass is 16.6. The van der Waals surface area contributed by atoms with Crippen molar-refractivity contribution in [1.29, 1.82) is 0 Å². The Morgan fingerprint density at radius 1 is 0.808 bits per heavy atom. The summed E-state index contributed by atoms with van der Waals surface area (Å²) < 4.78 is 18.2. The van der Waals surface area contributed by atoms with Gasteiger partial charge in [-0.1, -0.05) is 72.2 Å². The smallest absolute Gasteiger partial charge is 0.344 e. The number of para-hydroxylation sites is 1. The van der Waals surface area contributed by atoms with E-state index >= 15 is 4.79 Å². The number of esters is 1. The van der Waals surface area contributed by atoms with Crippen LogP contribution in [0.5, 0.6) is 17.2 Å². The first-order valence-corrected chi connectivity index (χ1v) is 19.7. The van der Waals surface area contributed by atoms with Crippen molar-refractivity contribution in [2.75, 3.05) is 6.61 Å². The molecule has 2 unspecified atom stereocenters. The highest BCUT2D eigenvalue weighted by Crippen LogP contribution is 2.75. The van der Waals surface area contributed by atoms with Crippen LogP contribution < -0.4 is 9.47 Å². The maximum Gasteiger partial charge on any atom is 0.344 e. The van der Waals surface area contributed by atoms with Crippen LogP contribution in [0, 0.1) is 56.7 Å². The Labute approximate surface area is 309 Å². The third kappa shape index (κ3) is 5.80. The van der Waals surface area contributed by atoms with Crippen LogP contribution in [0.25, 0.3) is 0 Å². The average Bonchev–Trinajstić information content (AvgIpc) is 3.09. The van der Waals surface area contributed by atoms with E-state index in [1.54, 1.807) is 24.3 Å². The number of hydrogen-bond donors (Lipinski definition) is 1. The largest absolute Gasteiger partial charge is 0.482 e. The highest BCUT2D eigenvalue weighted by Gasteiger charge is 2.72. The fourth-order valence-electron chi connectivity index (χ4n) is 12.8. The number of carbonyl (C=O) groups excluding carboxylic acids is 2. The first-order chi connectivity index (χ1) is 24.5. The Morgan fingerprint density at radius 2 is 1.48 bits per heavy atom. The number of ether oxygens (including phenoxy) is 3. The van der Waals surface area contributed by atoms with Crippen LogP contribution in [0.1, 0.15) is 106 Å². The van der Waals surface area contributed by atoms with Gasteiger partial charge in [0.05, 0.1) is 6.42 Å². The zero-order valence-corrected chi connectivity index (χ0v) is 32.2. The molecule has 4 saturated carbocycles. The molecule has 4 fully saturated rings. The first kappa shape index (κ1) is 36.7. The molecule has 1 N–H and O–H groups in total. The fourth-order valence-corrected chi connectivity index (χ4v) is 12.8. The second-order valence-electron chi connectivity index (χ2n) is 18.6. The Morgan fingerprint density at radius 3 is 2.17 bits per heavy atom. The molecule has 2 aromatic rings. The molecule has 280 valence electrons. The van der Waals surface area contributed by atoms with Crippen LogP contribution in [0.2, 0.25) is 0 Å². The molecule has 5 aliphatic carbocycles. The first-order valence-electron chi connectivity index (χ1n) is 19.7. The molecule has 0 spiro atoms. The zero-order chi connectivity index (χ0) is 37.3. The van der Waals surface area contributed by atoms with Gasteiger partial charge >= 0.3 is 11.9 Å². The molecular formula is C45H58O7. The number of carbonyl (C=O) groups is 3. The van der Waals surface area contributed by atoms with Crippen molar-refractivity contribution < 1.29 is 33.7 Å². The van der Waals surface area contributed by atoms with Crippen molar-refractivity contribution in [3.8, 4) is 17.2 Å². The predicted molar refractivity (Wildman–Crippen MR) is 200 cm³/mol. The third-order valence-corrected chi connectivity index (χ3v) is 15.8. The molecular weight excluding hydrogens is 652 g/mol. The summed E-state index contributed by atoms with van der Waals surface area (Å²) in [5, 5.41) is 10.1. The predicted octanol–water partition coefficient (Wildman–Crippen LogP) is 10.1. The number of fused-ring (bicyclic) bond motifs is 7. The quantitative estimate of drug-likeness (QED) is 0.272. The number of aliphatic carboxylic acids is 1. The molecule has 0 bridgehead atoms. The summed E-state index contributed by atoms with van der Waals surface area (Å²) in [7, 11) is 0. The molecule has 11 atom stereocenters. The van der Waals surface area contributed by atoms with Crippen LogP contribution in [-0.4, -0.2) is 35.5 Å². The van der Waals surface area contributed by atoms with E-state index in [2.05, 4.69) is 48.5 Å². The van der Waals surface area contributed by atoms with Crippen molar-refractivity contribution in [2.45, 2.75) is 112 Å². The lowest BCUT2D eigenvalue weighted by Crippen LogP contribution is -2.69. The average molecular weight is 711 g/mol. The normalized spacial score (nSPS) is 40.9. The van der Waals surface area contributed by atoms with Gasteiger partial charge in [-0.2, -0.15) is 0 Å². The summed E-state index contributed by atoms with van der Waals surface area (Å²) in [5.41, 5.74) is -0.237. The number of benzene rings is 2. The monoisotopic (exact) mass is 710 g/mol. The van der Waals surface area contributed by atoms with E-state index in [0.717, 1.165) is 31.4 Å². The molecule has 5 aliphatic rings. The van der Waals surface area contributed by atoms with Gasteiger partial charge in [0.25, 0.3) is 0 Å². The van der Waals surface area contributed by atoms with Gasteiger partial charge in [-0.25, -0.2) is 4.79 Å². The second-order valence-corrected chi connectivity index (χ2v) is 18.6. The summed E-state index contributed by atoms with van der Waals surface area (Å²) >= 11 is 0. The summed E-state index contributed by atoms with van der Waals surface area (Å²) in [5.74, 6) is 1.75. The summed E-state index contributed by atoms with van der Waals surface area (Å²) in [6.45, 7) is 16.0. The van der Waals surface area contributed by atoms with Crippen LogP contribution >= 0.6 is 0 Å². The highest BCUT2D eigenvalue weighted by molar-refractivity contribution is 5.96. The van der Waals surface area contributed by atoms with Gasteiger partial charge in [0.15, 0.2) is 12.4 Å². The van der Waals surface area contributed by atoms with E-state index in [0.29, 0.717) is 42.1 Å². The lowest BCUT2D eigenvalue weighted by Gasteiger charge is -2.71. The Bertz CT molecular complexity index is 1730.